The Labute approximate surface area is 180 Å². The highest BCUT2D eigenvalue weighted by atomic mass is 32.2. The SMILES string of the molecule is CCC(C)C(C(=O)c1c(N)cc(C(C)C)c(S(=O)(=O)O)c1C(C)C)c1ccccc1. The van der Waals surface area contributed by atoms with Gasteiger partial charge in [0.15, 0.2) is 5.78 Å². The first kappa shape index (κ1) is 24.1. The van der Waals surface area contributed by atoms with E-state index in [0.717, 1.165) is 12.0 Å². The quantitative estimate of drug-likeness (QED) is 0.314. The summed E-state index contributed by atoms with van der Waals surface area (Å²) >= 11 is 0. The van der Waals surface area contributed by atoms with Crippen LogP contribution in [0.3, 0.4) is 0 Å². The van der Waals surface area contributed by atoms with Gasteiger partial charge in [0, 0.05) is 11.3 Å². The standard InChI is InChI=1S/C24H33NO4S/c1-7-16(6)21(17-11-9-8-10-12-17)23(26)22-19(25)13-18(14(2)3)24(30(27,28)29)20(22)15(4)5/h8-16,21H,7,25H2,1-6H3,(H,27,28,29). The van der Waals surface area contributed by atoms with Crippen LogP contribution in [0, 0.1) is 5.92 Å². The maximum absolute atomic E-state index is 13.9. The lowest BCUT2D eigenvalue weighted by Gasteiger charge is -2.27. The molecule has 2 rings (SSSR count). The number of Topliss-reactive ketones (excluding diaryl/α,β-unsaturated/α-hetero) is 1. The van der Waals surface area contributed by atoms with Crippen LogP contribution >= 0.6 is 0 Å². The summed E-state index contributed by atoms with van der Waals surface area (Å²) in [7, 11) is -4.55. The number of carbonyl (C=O) groups is 1. The monoisotopic (exact) mass is 431 g/mol. The lowest BCUT2D eigenvalue weighted by molar-refractivity contribution is 0.0931. The van der Waals surface area contributed by atoms with Crippen molar-refractivity contribution in [1.82, 2.24) is 0 Å². The van der Waals surface area contributed by atoms with Crippen LogP contribution in [0.4, 0.5) is 5.69 Å². The number of hydrogen-bond acceptors (Lipinski definition) is 4. The number of ketones is 1. The first-order valence-corrected chi connectivity index (χ1v) is 11.9. The second kappa shape index (κ2) is 9.31. The molecule has 0 saturated carbocycles. The molecule has 0 radical (unpaired) electrons. The van der Waals surface area contributed by atoms with Crippen molar-refractivity contribution in [2.45, 2.75) is 70.6 Å². The summed E-state index contributed by atoms with van der Waals surface area (Å²) in [4.78, 5) is 13.7. The minimum atomic E-state index is -4.55. The van der Waals surface area contributed by atoms with Crippen LogP contribution in [-0.4, -0.2) is 18.8 Å². The molecule has 5 nitrogen and oxygen atoms in total. The van der Waals surface area contributed by atoms with E-state index >= 15 is 0 Å². The van der Waals surface area contributed by atoms with E-state index in [4.69, 9.17) is 5.73 Å². The molecule has 0 aliphatic carbocycles. The van der Waals surface area contributed by atoms with Crippen LogP contribution in [0.1, 0.15) is 92.8 Å². The maximum atomic E-state index is 13.9. The smallest absolute Gasteiger partial charge is 0.295 e. The van der Waals surface area contributed by atoms with Crippen LogP contribution in [0.5, 0.6) is 0 Å². The molecule has 2 atom stereocenters. The second-order valence-corrected chi connectivity index (χ2v) is 9.95. The van der Waals surface area contributed by atoms with Crippen molar-refractivity contribution in [1.29, 1.82) is 0 Å². The van der Waals surface area contributed by atoms with Crippen LogP contribution in [0.2, 0.25) is 0 Å². The van der Waals surface area contributed by atoms with E-state index in [1.165, 1.54) is 6.07 Å². The maximum Gasteiger partial charge on any atom is 0.295 e. The second-order valence-electron chi connectivity index (χ2n) is 8.60. The van der Waals surface area contributed by atoms with Crippen molar-refractivity contribution in [3.8, 4) is 0 Å². The van der Waals surface area contributed by atoms with Gasteiger partial charge in [-0.3, -0.25) is 9.35 Å². The minimum Gasteiger partial charge on any atom is -0.398 e. The van der Waals surface area contributed by atoms with Gasteiger partial charge in [-0.05, 0) is 40.5 Å². The number of anilines is 1. The van der Waals surface area contributed by atoms with Crippen molar-refractivity contribution in [2.24, 2.45) is 5.92 Å². The predicted octanol–water partition coefficient (Wildman–Crippen LogP) is 5.77. The lowest BCUT2D eigenvalue weighted by Crippen LogP contribution is -2.24. The number of nitrogens with two attached hydrogens (primary N) is 1. The Morgan fingerprint density at radius 1 is 1.03 bits per heavy atom. The van der Waals surface area contributed by atoms with Crippen molar-refractivity contribution < 1.29 is 17.8 Å². The summed E-state index contributed by atoms with van der Waals surface area (Å²) in [6.07, 6.45) is 0.775. The molecule has 0 spiro atoms. The molecule has 3 N–H and O–H groups in total. The average molecular weight is 432 g/mol. The van der Waals surface area contributed by atoms with Crippen molar-refractivity contribution >= 4 is 21.6 Å². The van der Waals surface area contributed by atoms with Gasteiger partial charge in [-0.15, -0.1) is 0 Å². The van der Waals surface area contributed by atoms with E-state index in [0.29, 0.717) is 11.1 Å². The van der Waals surface area contributed by atoms with Crippen LogP contribution < -0.4 is 5.73 Å². The molecule has 2 aromatic carbocycles. The highest BCUT2D eigenvalue weighted by Gasteiger charge is 2.35. The third-order valence-electron chi connectivity index (χ3n) is 5.73. The summed E-state index contributed by atoms with van der Waals surface area (Å²) in [6, 6.07) is 11.0. The summed E-state index contributed by atoms with van der Waals surface area (Å²) in [6.45, 7) is 11.3. The van der Waals surface area contributed by atoms with Crippen molar-refractivity contribution in [3.63, 3.8) is 0 Å². The summed E-state index contributed by atoms with van der Waals surface area (Å²) in [5, 5.41) is 0. The Kier molecular flexibility index (Phi) is 7.48. The van der Waals surface area contributed by atoms with Gasteiger partial charge >= 0.3 is 0 Å². The Morgan fingerprint density at radius 3 is 2.03 bits per heavy atom. The third kappa shape index (κ3) is 4.76. The highest BCUT2D eigenvalue weighted by Crippen LogP contribution is 2.41. The van der Waals surface area contributed by atoms with Gasteiger partial charge in [0.2, 0.25) is 0 Å². The number of nitrogen functional groups attached to an aromatic ring is 1. The number of benzene rings is 2. The fourth-order valence-corrected chi connectivity index (χ4v) is 5.27. The molecule has 30 heavy (non-hydrogen) atoms. The number of hydrogen-bond donors (Lipinski definition) is 2. The molecule has 0 aliphatic rings. The summed E-state index contributed by atoms with van der Waals surface area (Å²) in [5.74, 6) is -1.16. The van der Waals surface area contributed by atoms with Gasteiger partial charge in [-0.25, -0.2) is 0 Å². The average Bonchev–Trinajstić information content (AvgIpc) is 2.66. The van der Waals surface area contributed by atoms with E-state index in [1.807, 2.05) is 71.9 Å². The molecule has 0 bridgehead atoms. The van der Waals surface area contributed by atoms with E-state index < -0.39 is 16.0 Å². The predicted molar refractivity (Wildman–Crippen MR) is 122 cm³/mol. The van der Waals surface area contributed by atoms with Gasteiger partial charge in [-0.1, -0.05) is 78.3 Å². The van der Waals surface area contributed by atoms with E-state index in [-0.39, 0.29) is 39.7 Å². The van der Waals surface area contributed by atoms with Crippen molar-refractivity contribution in [3.05, 3.63) is 58.7 Å². The first-order valence-electron chi connectivity index (χ1n) is 10.4. The van der Waals surface area contributed by atoms with Gasteiger partial charge in [-0.2, -0.15) is 8.42 Å². The Morgan fingerprint density at radius 2 is 1.60 bits per heavy atom. The van der Waals surface area contributed by atoms with Crippen LogP contribution in [0.15, 0.2) is 41.3 Å². The molecule has 2 aromatic rings. The largest absolute Gasteiger partial charge is 0.398 e. The molecule has 0 heterocycles. The fraction of sp³-hybridized carbons (Fsp3) is 0.458. The number of carbonyl (C=O) groups excluding carboxylic acids is 1. The van der Waals surface area contributed by atoms with E-state index in [2.05, 4.69) is 0 Å². The molecule has 0 saturated heterocycles. The minimum absolute atomic E-state index is 0.0262. The van der Waals surface area contributed by atoms with E-state index in [9.17, 15) is 17.8 Å². The summed E-state index contributed by atoms with van der Waals surface area (Å²) < 4.78 is 34.9. The van der Waals surface area contributed by atoms with Gasteiger partial charge < -0.3 is 5.73 Å². The Balaban J connectivity index is 2.90. The molecule has 6 heteroatoms. The zero-order valence-electron chi connectivity index (χ0n) is 18.6. The molecule has 2 unspecified atom stereocenters. The first-order chi connectivity index (χ1) is 13.9. The Hall–Kier alpha value is -2.18. The summed E-state index contributed by atoms with van der Waals surface area (Å²) in [5.41, 5.74) is 8.42. The molecule has 164 valence electrons. The zero-order valence-corrected chi connectivity index (χ0v) is 19.5. The van der Waals surface area contributed by atoms with Gasteiger partial charge in [0.25, 0.3) is 10.1 Å². The molecular weight excluding hydrogens is 398 g/mol. The fourth-order valence-electron chi connectivity index (χ4n) is 4.06. The Bertz CT molecular complexity index is 1010. The molecule has 0 aliphatic heterocycles. The lowest BCUT2D eigenvalue weighted by atomic mass is 9.77. The molecule has 0 aromatic heterocycles. The van der Waals surface area contributed by atoms with Crippen LogP contribution in [0.25, 0.3) is 0 Å². The third-order valence-corrected chi connectivity index (χ3v) is 6.71. The van der Waals surface area contributed by atoms with Crippen LogP contribution in [-0.2, 0) is 10.1 Å². The molecule has 0 amide bonds. The van der Waals surface area contributed by atoms with Crippen molar-refractivity contribution in [2.75, 3.05) is 5.73 Å². The normalized spacial score (nSPS) is 14.2. The topological polar surface area (TPSA) is 97.5 Å². The van der Waals surface area contributed by atoms with Gasteiger partial charge in [0.1, 0.15) is 4.90 Å². The zero-order chi connectivity index (χ0) is 22.8. The van der Waals surface area contributed by atoms with E-state index in [1.54, 1.807) is 0 Å². The number of rotatable bonds is 8. The highest BCUT2D eigenvalue weighted by molar-refractivity contribution is 7.86. The van der Waals surface area contributed by atoms with Gasteiger partial charge in [0.05, 0.1) is 5.92 Å². The molecule has 0 fully saturated rings. The molecular formula is C24H33NO4S.